The summed E-state index contributed by atoms with van der Waals surface area (Å²) in [6.07, 6.45) is 5.26. The average Bonchev–Trinajstić information content (AvgIpc) is 2.95. The Hall–Kier alpha value is -1.29. The highest BCUT2D eigenvalue weighted by atomic mass is 16.5. The molecule has 0 aromatic carbocycles. The molecule has 0 spiro atoms. The second-order valence-corrected chi connectivity index (χ2v) is 4.21. The van der Waals surface area contributed by atoms with Crippen LogP contribution in [0.1, 0.15) is 29.8 Å². The van der Waals surface area contributed by atoms with Gasteiger partial charge in [0.1, 0.15) is 5.69 Å². The molecule has 1 saturated carbocycles. The normalized spacial score (nSPS) is 15.0. The SMILES string of the molecule is O=C(NCCCOCC1CC1)c1ccc[nH]1. The number of ether oxygens (including phenoxy) is 1. The summed E-state index contributed by atoms with van der Waals surface area (Å²) in [5.74, 6) is 0.765. The van der Waals surface area contributed by atoms with Crippen molar-refractivity contribution in [2.75, 3.05) is 19.8 Å². The van der Waals surface area contributed by atoms with E-state index >= 15 is 0 Å². The van der Waals surface area contributed by atoms with Gasteiger partial charge in [-0.05, 0) is 37.3 Å². The van der Waals surface area contributed by atoms with E-state index < -0.39 is 0 Å². The van der Waals surface area contributed by atoms with Crippen molar-refractivity contribution in [2.45, 2.75) is 19.3 Å². The summed E-state index contributed by atoms with van der Waals surface area (Å²) >= 11 is 0. The van der Waals surface area contributed by atoms with Gasteiger partial charge in [0.2, 0.25) is 0 Å². The lowest BCUT2D eigenvalue weighted by Crippen LogP contribution is -2.25. The maximum Gasteiger partial charge on any atom is 0.267 e. The van der Waals surface area contributed by atoms with E-state index in [-0.39, 0.29) is 5.91 Å². The molecule has 1 aliphatic carbocycles. The first-order valence-corrected chi connectivity index (χ1v) is 5.85. The van der Waals surface area contributed by atoms with Crippen molar-refractivity contribution in [3.63, 3.8) is 0 Å². The minimum absolute atomic E-state index is 0.0489. The second kappa shape index (κ2) is 5.70. The Morgan fingerprint density at radius 2 is 2.44 bits per heavy atom. The number of H-pyrrole nitrogens is 1. The van der Waals surface area contributed by atoms with Gasteiger partial charge in [-0.25, -0.2) is 0 Å². The summed E-state index contributed by atoms with van der Waals surface area (Å²) in [6.45, 7) is 2.30. The van der Waals surface area contributed by atoms with Gasteiger partial charge in [0.05, 0.1) is 0 Å². The van der Waals surface area contributed by atoms with Crippen LogP contribution < -0.4 is 5.32 Å². The van der Waals surface area contributed by atoms with Crippen molar-refractivity contribution in [3.05, 3.63) is 24.0 Å². The molecule has 0 atom stereocenters. The molecule has 2 N–H and O–H groups in total. The molecular formula is C12H18N2O2. The van der Waals surface area contributed by atoms with Crippen LogP contribution in [0, 0.1) is 5.92 Å². The topological polar surface area (TPSA) is 54.1 Å². The van der Waals surface area contributed by atoms with Crippen LogP contribution in [0.2, 0.25) is 0 Å². The number of aromatic nitrogens is 1. The fourth-order valence-corrected chi connectivity index (χ4v) is 1.48. The lowest BCUT2D eigenvalue weighted by atomic mass is 10.4. The summed E-state index contributed by atoms with van der Waals surface area (Å²) in [6, 6.07) is 3.58. The van der Waals surface area contributed by atoms with Crippen LogP contribution in [-0.4, -0.2) is 30.6 Å². The van der Waals surface area contributed by atoms with E-state index in [0.29, 0.717) is 12.2 Å². The van der Waals surface area contributed by atoms with Crippen LogP contribution in [-0.2, 0) is 4.74 Å². The number of aromatic amines is 1. The average molecular weight is 222 g/mol. The predicted octanol–water partition coefficient (Wildman–Crippen LogP) is 1.56. The highest BCUT2D eigenvalue weighted by Gasteiger charge is 2.20. The molecule has 0 saturated heterocycles. The van der Waals surface area contributed by atoms with Crippen molar-refractivity contribution < 1.29 is 9.53 Å². The Morgan fingerprint density at radius 1 is 1.56 bits per heavy atom. The quantitative estimate of drug-likeness (QED) is 0.688. The summed E-state index contributed by atoms with van der Waals surface area (Å²) in [5.41, 5.74) is 0.610. The molecule has 16 heavy (non-hydrogen) atoms. The third-order valence-electron chi connectivity index (χ3n) is 2.64. The Balaban J connectivity index is 1.49. The van der Waals surface area contributed by atoms with E-state index in [4.69, 9.17) is 4.74 Å². The molecule has 1 amide bonds. The molecule has 1 aliphatic rings. The van der Waals surface area contributed by atoms with E-state index in [1.807, 2.05) is 6.07 Å². The Labute approximate surface area is 95.4 Å². The summed E-state index contributed by atoms with van der Waals surface area (Å²) in [7, 11) is 0. The lowest BCUT2D eigenvalue weighted by Gasteiger charge is -2.04. The molecule has 2 rings (SSSR count). The van der Waals surface area contributed by atoms with Crippen LogP contribution in [0.4, 0.5) is 0 Å². The van der Waals surface area contributed by atoms with Gasteiger partial charge in [-0.2, -0.15) is 0 Å². The van der Waals surface area contributed by atoms with Gasteiger partial charge in [-0.3, -0.25) is 4.79 Å². The summed E-state index contributed by atoms with van der Waals surface area (Å²) < 4.78 is 5.47. The van der Waals surface area contributed by atoms with Crippen LogP contribution >= 0.6 is 0 Å². The first-order chi connectivity index (χ1) is 7.86. The molecule has 88 valence electrons. The zero-order valence-electron chi connectivity index (χ0n) is 9.37. The minimum atomic E-state index is -0.0489. The van der Waals surface area contributed by atoms with Crippen molar-refractivity contribution in [3.8, 4) is 0 Å². The van der Waals surface area contributed by atoms with Gasteiger partial charge >= 0.3 is 0 Å². The van der Waals surface area contributed by atoms with Crippen LogP contribution in [0.25, 0.3) is 0 Å². The van der Waals surface area contributed by atoms with Crippen LogP contribution in [0.5, 0.6) is 0 Å². The number of hydrogen-bond acceptors (Lipinski definition) is 2. The number of rotatable bonds is 7. The van der Waals surface area contributed by atoms with Gasteiger partial charge in [0.15, 0.2) is 0 Å². The Kier molecular flexibility index (Phi) is 3.99. The van der Waals surface area contributed by atoms with Crippen molar-refractivity contribution >= 4 is 5.91 Å². The molecule has 0 radical (unpaired) electrons. The molecule has 1 aromatic rings. The summed E-state index contributed by atoms with van der Waals surface area (Å²) in [5, 5.41) is 2.84. The standard InChI is InChI=1S/C12H18N2O2/c15-12(11-3-1-6-13-11)14-7-2-8-16-9-10-4-5-10/h1,3,6,10,13H,2,4-5,7-9H2,(H,14,15). The zero-order chi connectivity index (χ0) is 11.2. The molecule has 1 fully saturated rings. The highest BCUT2D eigenvalue weighted by molar-refractivity contribution is 5.92. The molecule has 0 bridgehead atoms. The van der Waals surface area contributed by atoms with Gasteiger partial charge < -0.3 is 15.0 Å². The third kappa shape index (κ3) is 3.70. The van der Waals surface area contributed by atoms with Crippen LogP contribution in [0.3, 0.4) is 0 Å². The van der Waals surface area contributed by atoms with E-state index in [2.05, 4.69) is 10.3 Å². The molecule has 0 aliphatic heterocycles. The molecular weight excluding hydrogens is 204 g/mol. The fourth-order valence-electron chi connectivity index (χ4n) is 1.48. The van der Waals surface area contributed by atoms with Gasteiger partial charge in [0, 0.05) is 26.0 Å². The van der Waals surface area contributed by atoms with Crippen molar-refractivity contribution in [1.82, 2.24) is 10.3 Å². The number of amides is 1. The van der Waals surface area contributed by atoms with Gasteiger partial charge in [0.25, 0.3) is 5.91 Å². The lowest BCUT2D eigenvalue weighted by molar-refractivity contribution is 0.0933. The van der Waals surface area contributed by atoms with Gasteiger partial charge in [-0.15, -0.1) is 0 Å². The van der Waals surface area contributed by atoms with Crippen molar-refractivity contribution in [1.29, 1.82) is 0 Å². The number of nitrogens with one attached hydrogen (secondary N) is 2. The summed E-state index contributed by atoms with van der Waals surface area (Å²) in [4.78, 5) is 14.3. The monoisotopic (exact) mass is 222 g/mol. The van der Waals surface area contributed by atoms with Crippen molar-refractivity contribution in [2.24, 2.45) is 5.92 Å². The Bertz CT molecular complexity index is 318. The second-order valence-electron chi connectivity index (χ2n) is 4.21. The minimum Gasteiger partial charge on any atom is -0.381 e. The third-order valence-corrected chi connectivity index (χ3v) is 2.64. The fraction of sp³-hybridized carbons (Fsp3) is 0.583. The van der Waals surface area contributed by atoms with E-state index in [0.717, 1.165) is 25.6 Å². The predicted molar refractivity (Wildman–Crippen MR) is 61.3 cm³/mol. The largest absolute Gasteiger partial charge is 0.381 e. The van der Waals surface area contributed by atoms with E-state index in [9.17, 15) is 4.79 Å². The molecule has 4 heteroatoms. The Morgan fingerprint density at radius 3 is 3.12 bits per heavy atom. The first-order valence-electron chi connectivity index (χ1n) is 5.85. The zero-order valence-corrected chi connectivity index (χ0v) is 9.37. The van der Waals surface area contributed by atoms with Crippen LogP contribution in [0.15, 0.2) is 18.3 Å². The van der Waals surface area contributed by atoms with Gasteiger partial charge in [-0.1, -0.05) is 0 Å². The molecule has 4 nitrogen and oxygen atoms in total. The first kappa shape index (κ1) is 11.2. The maximum absolute atomic E-state index is 11.5. The maximum atomic E-state index is 11.5. The number of hydrogen-bond donors (Lipinski definition) is 2. The highest BCUT2D eigenvalue weighted by Crippen LogP contribution is 2.28. The molecule has 1 heterocycles. The number of carbonyl (C=O) groups excluding carboxylic acids is 1. The van der Waals surface area contributed by atoms with E-state index in [1.165, 1.54) is 12.8 Å². The smallest absolute Gasteiger partial charge is 0.267 e. The molecule has 1 aromatic heterocycles. The van der Waals surface area contributed by atoms with E-state index in [1.54, 1.807) is 12.3 Å². The molecule has 0 unspecified atom stereocenters. The number of carbonyl (C=O) groups is 1.